The lowest BCUT2D eigenvalue weighted by atomic mass is 10.2. The van der Waals surface area contributed by atoms with Gasteiger partial charge in [0.2, 0.25) is 0 Å². The summed E-state index contributed by atoms with van der Waals surface area (Å²) in [4.78, 5) is 24.4. The number of amides is 2. The molecule has 0 radical (unpaired) electrons. The predicted octanol–water partition coefficient (Wildman–Crippen LogP) is 2.49. The molecule has 7 nitrogen and oxygen atoms in total. The van der Waals surface area contributed by atoms with Gasteiger partial charge in [0.25, 0.3) is 0 Å². The normalized spacial score (nSPS) is 10.4. The lowest BCUT2D eigenvalue weighted by molar-refractivity contribution is 0.240. The van der Waals surface area contributed by atoms with E-state index in [4.69, 9.17) is 11.6 Å². The zero-order chi connectivity index (χ0) is 17.5. The fourth-order valence-corrected chi connectivity index (χ4v) is 2.40. The summed E-state index contributed by atoms with van der Waals surface area (Å²) in [6, 6.07) is 7.12. The van der Waals surface area contributed by atoms with Crippen molar-refractivity contribution in [1.29, 1.82) is 0 Å². The van der Waals surface area contributed by atoms with Crippen molar-refractivity contribution in [2.75, 3.05) is 6.54 Å². The largest absolute Gasteiger partial charge is 0.336 e. The monoisotopic (exact) mass is 356 g/mol. The number of aromatic nitrogens is 4. The van der Waals surface area contributed by atoms with Crippen molar-refractivity contribution in [1.82, 2.24) is 30.2 Å². The van der Waals surface area contributed by atoms with Crippen molar-refractivity contribution < 1.29 is 4.79 Å². The molecule has 0 saturated heterocycles. The molecule has 25 heavy (non-hydrogen) atoms. The van der Waals surface area contributed by atoms with Crippen LogP contribution in [-0.4, -0.2) is 32.1 Å². The van der Waals surface area contributed by atoms with Gasteiger partial charge in [0.1, 0.15) is 5.69 Å². The van der Waals surface area contributed by atoms with Crippen molar-refractivity contribution in [2.45, 2.75) is 13.1 Å². The van der Waals surface area contributed by atoms with E-state index >= 15 is 0 Å². The van der Waals surface area contributed by atoms with Crippen molar-refractivity contribution in [3.8, 4) is 11.5 Å². The molecule has 8 heteroatoms. The standard InChI is InChI=1S/C17H17ClN6O/c18-14-3-1-13(2-4-14)11-23-17(25)22-8-10-24-9-7-21-16(24)15-12-19-5-6-20-15/h1-7,9,12H,8,10-11H2,(H2,22,23,25). The molecule has 0 bridgehead atoms. The number of nitrogens with one attached hydrogen (secondary N) is 2. The van der Waals surface area contributed by atoms with E-state index in [1.807, 2.05) is 22.9 Å². The first-order valence-electron chi connectivity index (χ1n) is 7.76. The summed E-state index contributed by atoms with van der Waals surface area (Å²) in [7, 11) is 0. The van der Waals surface area contributed by atoms with Gasteiger partial charge in [-0.15, -0.1) is 0 Å². The van der Waals surface area contributed by atoms with Crippen molar-refractivity contribution in [2.24, 2.45) is 0 Å². The van der Waals surface area contributed by atoms with Crippen LogP contribution in [0.25, 0.3) is 11.5 Å². The molecule has 3 aromatic rings. The van der Waals surface area contributed by atoms with Gasteiger partial charge in [-0.25, -0.2) is 14.8 Å². The smallest absolute Gasteiger partial charge is 0.315 e. The molecule has 0 atom stereocenters. The quantitative estimate of drug-likeness (QED) is 0.710. The molecule has 0 spiro atoms. The molecule has 0 aliphatic rings. The molecule has 2 N–H and O–H groups in total. The van der Waals surface area contributed by atoms with Crippen molar-refractivity contribution >= 4 is 17.6 Å². The highest BCUT2D eigenvalue weighted by atomic mass is 35.5. The van der Waals surface area contributed by atoms with E-state index in [0.29, 0.717) is 30.4 Å². The van der Waals surface area contributed by atoms with Crippen LogP contribution in [0.3, 0.4) is 0 Å². The molecule has 2 aromatic heterocycles. The third-order valence-corrected chi connectivity index (χ3v) is 3.76. The second-order valence-corrected chi connectivity index (χ2v) is 5.71. The first kappa shape index (κ1) is 16.9. The average molecular weight is 357 g/mol. The number of benzene rings is 1. The minimum atomic E-state index is -0.226. The van der Waals surface area contributed by atoms with Crippen LogP contribution in [-0.2, 0) is 13.1 Å². The van der Waals surface area contributed by atoms with Gasteiger partial charge in [0.05, 0.1) is 6.20 Å². The Morgan fingerprint density at radius 3 is 2.68 bits per heavy atom. The van der Waals surface area contributed by atoms with E-state index in [1.54, 1.807) is 36.9 Å². The second kappa shape index (κ2) is 8.25. The maximum Gasteiger partial charge on any atom is 0.315 e. The SMILES string of the molecule is O=C(NCCn1ccnc1-c1cnccn1)NCc1ccc(Cl)cc1. The van der Waals surface area contributed by atoms with Crippen LogP contribution >= 0.6 is 11.6 Å². The van der Waals surface area contributed by atoms with Crippen LogP contribution in [0.15, 0.2) is 55.2 Å². The highest BCUT2D eigenvalue weighted by Crippen LogP contribution is 2.12. The molecule has 3 rings (SSSR count). The lowest BCUT2D eigenvalue weighted by Gasteiger charge is -2.10. The van der Waals surface area contributed by atoms with Crippen LogP contribution < -0.4 is 10.6 Å². The lowest BCUT2D eigenvalue weighted by Crippen LogP contribution is -2.36. The van der Waals surface area contributed by atoms with Crippen molar-refractivity contribution in [3.05, 3.63) is 65.8 Å². The fraction of sp³-hybridized carbons (Fsp3) is 0.176. The van der Waals surface area contributed by atoms with Gasteiger partial charge < -0.3 is 15.2 Å². The molecular weight excluding hydrogens is 340 g/mol. The molecule has 0 saturated carbocycles. The van der Waals surface area contributed by atoms with E-state index in [9.17, 15) is 4.79 Å². The van der Waals surface area contributed by atoms with Crippen LogP contribution in [0.1, 0.15) is 5.56 Å². The summed E-state index contributed by atoms with van der Waals surface area (Å²) in [6.07, 6.45) is 8.44. The Labute approximate surface area is 150 Å². The van der Waals surface area contributed by atoms with E-state index in [1.165, 1.54) is 0 Å². The van der Waals surface area contributed by atoms with Crippen LogP contribution in [0.2, 0.25) is 5.02 Å². The summed E-state index contributed by atoms with van der Waals surface area (Å²) < 4.78 is 1.92. The van der Waals surface area contributed by atoms with Gasteiger partial charge >= 0.3 is 6.03 Å². The number of halogens is 1. The number of hydrogen-bond acceptors (Lipinski definition) is 4. The topological polar surface area (TPSA) is 84.7 Å². The molecule has 1 aromatic carbocycles. The Bertz CT molecular complexity index is 819. The number of rotatable bonds is 6. The second-order valence-electron chi connectivity index (χ2n) is 5.27. The van der Waals surface area contributed by atoms with E-state index in [2.05, 4.69) is 25.6 Å². The van der Waals surface area contributed by atoms with Gasteiger partial charge in [0, 0.05) is 49.4 Å². The Balaban J connectivity index is 1.46. The zero-order valence-electron chi connectivity index (χ0n) is 13.4. The third-order valence-electron chi connectivity index (χ3n) is 3.51. The maximum absolute atomic E-state index is 11.9. The molecular formula is C17H17ClN6O. The first-order chi connectivity index (χ1) is 12.2. The van der Waals surface area contributed by atoms with Gasteiger partial charge in [-0.05, 0) is 17.7 Å². The Morgan fingerprint density at radius 1 is 1.08 bits per heavy atom. The summed E-state index contributed by atoms with van der Waals surface area (Å²) >= 11 is 5.83. The molecule has 128 valence electrons. The van der Waals surface area contributed by atoms with Gasteiger partial charge in [0.15, 0.2) is 5.82 Å². The number of hydrogen-bond donors (Lipinski definition) is 2. The van der Waals surface area contributed by atoms with E-state index < -0.39 is 0 Å². The molecule has 0 fully saturated rings. The molecule has 0 aliphatic carbocycles. The van der Waals surface area contributed by atoms with Crippen LogP contribution in [0.5, 0.6) is 0 Å². The summed E-state index contributed by atoms with van der Waals surface area (Å²) in [5.74, 6) is 0.719. The van der Waals surface area contributed by atoms with Gasteiger partial charge in [-0.1, -0.05) is 23.7 Å². The van der Waals surface area contributed by atoms with Crippen LogP contribution in [0.4, 0.5) is 4.79 Å². The summed E-state index contributed by atoms with van der Waals surface area (Å²) in [5.41, 5.74) is 1.68. The molecule has 0 unspecified atom stereocenters. The maximum atomic E-state index is 11.9. The summed E-state index contributed by atoms with van der Waals surface area (Å²) in [5, 5.41) is 6.30. The number of carbonyl (C=O) groups excluding carboxylic acids is 1. The van der Waals surface area contributed by atoms with Gasteiger partial charge in [-0.2, -0.15) is 0 Å². The number of imidazole rings is 1. The number of urea groups is 1. The average Bonchev–Trinajstić information content (AvgIpc) is 3.10. The van der Waals surface area contributed by atoms with Crippen molar-refractivity contribution in [3.63, 3.8) is 0 Å². The highest BCUT2D eigenvalue weighted by Gasteiger charge is 2.07. The van der Waals surface area contributed by atoms with E-state index in [-0.39, 0.29) is 6.03 Å². The number of nitrogens with zero attached hydrogens (tertiary/aromatic N) is 4. The van der Waals surface area contributed by atoms with Gasteiger partial charge in [-0.3, -0.25) is 4.98 Å². The molecule has 2 heterocycles. The van der Waals surface area contributed by atoms with E-state index in [0.717, 1.165) is 11.4 Å². The molecule has 0 aliphatic heterocycles. The Hall–Kier alpha value is -2.93. The first-order valence-corrected chi connectivity index (χ1v) is 8.14. The van der Waals surface area contributed by atoms with Crippen LogP contribution in [0, 0.1) is 0 Å². The Kier molecular flexibility index (Phi) is 5.58. The zero-order valence-corrected chi connectivity index (χ0v) is 14.1. The summed E-state index contributed by atoms with van der Waals surface area (Å²) in [6.45, 7) is 1.50. The third kappa shape index (κ3) is 4.77. The highest BCUT2D eigenvalue weighted by molar-refractivity contribution is 6.30. The number of carbonyl (C=O) groups is 1. The molecule has 2 amide bonds. The minimum Gasteiger partial charge on any atom is -0.336 e. The minimum absolute atomic E-state index is 0.226. The Morgan fingerprint density at radius 2 is 1.92 bits per heavy atom. The predicted molar refractivity (Wildman–Crippen MR) is 94.9 cm³/mol. The fourth-order valence-electron chi connectivity index (χ4n) is 2.27.